The van der Waals surface area contributed by atoms with Crippen LogP contribution in [0.1, 0.15) is 54.8 Å². The molecule has 0 unspecified atom stereocenters. The maximum absolute atomic E-state index is 12.2. The van der Waals surface area contributed by atoms with Crippen molar-refractivity contribution in [2.45, 2.75) is 39.7 Å². The third-order valence-corrected chi connectivity index (χ3v) is 4.51. The van der Waals surface area contributed by atoms with Crippen LogP contribution >= 0.6 is 11.3 Å². The zero-order valence-corrected chi connectivity index (χ0v) is 16.0. The SMILES string of the molecule is CCC(=O)c1ccccc1-c1cc(C(N)=O)c(NC(=O)OC(C)(C)C)s1. The Morgan fingerprint density at radius 1 is 1.15 bits per heavy atom. The Kier molecular flexibility index (Phi) is 5.82. The summed E-state index contributed by atoms with van der Waals surface area (Å²) >= 11 is 1.17. The lowest BCUT2D eigenvalue weighted by molar-refractivity contribution is 0.0636. The first-order valence-corrected chi connectivity index (χ1v) is 9.00. The molecule has 0 fully saturated rings. The van der Waals surface area contributed by atoms with Crippen LogP contribution in [0.3, 0.4) is 0 Å². The zero-order chi connectivity index (χ0) is 19.5. The summed E-state index contributed by atoms with van der Waals surface area (Å²) < 4.78 is 5.22. The summed E-state index contributed by atoms with van der Waals surface area (Å²) in [7, 11) is 0. The minimum Gasteiger partial charge on any atom is -0.444 e. The van der Waals surface area contributed by atoms with Crippen molar-refractivity contribution in [1.82, 2.24) is 0 Å². The number of rotatable bonds is 5. The Morgan fingerprint density at radius 3 is 2.38 bits per heavy atom. The molecule has 1 aromatic heterocycles. The molecule has 2 rings (SSSR count). The molecule has 0 aliphatic carbocycles. The van der Waals surface area contributed by atoms with Gasteiger partial charge < -0.3 is 10.5 Å². The zero-order valence-electron chi connectivity index (χ0n) is 15.2. The van der Waals surface area contributed by atoms with Crippen LogP contribution in [0.15, 0.2) is 30.3 Å². The van der Waals surface area contributed by atoms with Crippen LogP contribution in [0.2, 0.25) is 0 Å². The molecule has 26 heavy (non-hydrogen) atoms. The Hall–Kier alpha value is -2.67. The Morgan fingerprint density at radius 2 is 1.81 bits per heavy atom. The number of hydrogen-bond acceptors (Lipinski definition) is 5. The molecule has 0 saturated heterocycles. The normalized spacial score (nSPS) is 11.1. The number of primary amides is 1. The molecule has 1 aromatic carbocycles. The number of thiophene rings is 1. The molecule has 0 spiro atoms. The second-order valence-electron chi connectivity index (χ2n) is 6.67. The fraction of sp³-hybridized carbons (Fsp3) is 0.316. The van der Waals surface area contributed by atoms with Crippen LogP contribution in [-0.2, 0) is 4.74 Å². The van der Waals surface area contributed by atoms with E-state index >= 15 is 0 Å². The molecule has 0 aliphatic rings. The molecule has 3 N–H and O–H groups in total. The number of carbonyl (C=O) groups is 3. The fourth-order valence-corrected chi connectivity index (χ4v) is 3.42. The molecule has 6 nitrogen and oxygen atoms in total. The van der Waals surface area contributed by atoms with Crippen LogP contribution in [0.25, 0.3) is 10.4 Å². The van der Waals surface area contributed by atoms with E-state index in [0.717, 1.165) is 0 Å². The number of benzene rings is 1. The van der Waals surface area contributed by atoms with Gasteiger partial charge in [0.2, 0.25) is 0 Å². The molecular weight excluding hydrogens is 352 g/mol. The quantitative estimate of drug-likeness (QED) is 0.755. The molecule has 0 atom stereocenters. The first-order chi connectivity index (χ1) is 12.1. The largest absolute Gasteiger partial charge is 0.444 e. The highest BCUT2D eigenvalue weighted by Crippen LogP contribution is 2.37. The fourth-order valence-electron chi connectivity index (χ4n) is 2.33. The van der Waals surface area contributed by atoms with Crippen molar-refractivity contribution < 1.29 is 19.1 Å². The van der Waals surface area contributed by atoms with Gasteiger partial charge in [-0.25, -0.2) is 4.79 Å². The highest BCUT2D eigenvalue weighted by atomic mass is 32.1. The van der Waals surface area contributed by atoms with Gasteiger partial charge in [-0.05, 0) is 26.8 Å². The monoisotopic (exact) mass is 374 g/mol. The van der Waals surface area contributed by atoms with E-state index in [0.29, 0.717) is 27.4 Å². The van der Waals surface area contributed by atoms with E-state index < -0.39 is 17.6 Å². The van der Waals surface area contributed by atoms with Crippen molar-refractivity contribution in [2.75, 3.05) is 5.32 Å². The second kappa shape index (κ2) is 7.70. The molecule has 0 saturated carbocycles. The number of anilines is 1. The van der Waals surface area contributed by atoms with Crippen molar-refractivity contribution in [3.05, 3.63) is 41.5 Å². The second-order valence-corrected chi connectivity index (χ2v) is 7.72. The van der Waals surface area contributed by atoms with Crippen molar-refractivity contribution in [3.63, 3.8) is 0 Å². The number of nitrogens with one attached hydrogen (secondary N) is 1. The van der Waals surface area contributed by atoms with E-state index in [1.165, 1.54) is 11.3 Å². The predicted molar refractivity (Wildman–Crippen MR) is 103 cm³/mol. The van der Waals surface area contributed by atoms with Gasteiger partial charge in [0.25, 0.3) is 5.91 Å². The van der Waals surface area contributed by atoms with Gasteiger partial charge >= 0.3 is 6.09 Å². The van der Waals surface area contributed by atoms with Crippen LogP contribution in [0.4, 0.5) is 9.80 Å². The summed E-state index contributed by atoms with van der Waals surface area (Å²) in [5, 5.41) is 2.86. The standard InChI is InChI=1S/C19H22N2O4S/c1-5-14(22)11-8-6-7-9-12(11)15-10-13(16(20)23)17(26-15)21-18(24)25-19(2,3)4/h6-10H,5H2,1-4H3,(H2,20,23)(H,21,24). The number of hydrogen-bond donors (Lipinski definition) is 2. The molecule has 138 valence electrons. The van der Waals surface area contributed by atoms with E-state index in [2.05, 4.69) is 5.32 Å². The van der Waals surface area contributed by atoms with Gasteiger partial charge in [-0.3, -0.25) is 14.9 Å². The number of carbonyl (C=O) groups excluding carboxylic acids is 3. The van der Waals surface area contributed by atoms with Gasteiger partial charge in [-0.1, -0.05) is 31.2 Å². The molecule has 7 heteroatoms. The molecule has 0 bridgehead atoms. The molecular formula is C19H22N2O4S. The Labute approximate surface area is 156 Å². The number of ether oxygens (including phenoxy) is 1. The highest BCUT2D eigenvalue weighted by Gasteiger charge is 2.22. The first kappa shape index (κ1) is 19.7. The highest BCUT2D eigenvalue weighted by molar-refractivity contribution is 7.20. The molecule has 2 aromatic rings. The van der Waals surface area contributed by atoms with Crippen molar-refractivity contribution in [3.8, 4) is 10.4 Å². The van der Waals surface area contributed by atoms with Gasteiger partial charge in [0.1, 0.15) is 10.6 Å². The van der Waals surface area contributed by atoms with Crippen molar-refractivity contribution >= 4 is 34.1 Å². The van der Waals surface area contributed by atoms with Gasteiger partial charge in [-0.15, -0.1) is 11.3 Å². The van der Waals surface area contributed by atoms with Crippen LogP contribution in [0.5, 0.6) is 0 Å². The summed E-state index contributed by atoms with van der Waals surface area (Å²) in [5.41, 5.74) is 6.21. The average Bonchev–Trinajstić information content (AvgIpc) is 2.96. The lowest BCUT2D eigenvalue weighted by Crippen LogP contribution is -2.27. The minimum atomic E-state index is -0.675. The molecule has 2 amide bonds. The number of ketones is 1. The maximum Gasteiger partial charge on any atom is 0.412 e. The van der Waals surface area contributed by atoms with E-state index in [4.69, 9.17) is 10.5 Å². The minimum absolute atomic E-state index is 0.00345. The van der Waals surface area contributed by atoms with Crippen LogP contribution in [0, 0.1) is 0 Å². The lowest BCUT2D eigenvalue weighted by atomic mass is 10.0. The maximum atomic E-state index is 12.2. The average molecular weight is 374 g/mol. The number of nitrogens with two attached hydrogens (primary N) is 1. The smallest absolute Gasteiger partial charge is 0.412 e. The number of Topliss-reactive ketones (excluding diaryl/α,β-unsaturated/α-hetero) is 1. The third-order valence-electron chi connectivity index (χ3n) is 3.43. The van der Waals surface area contributed by atoms with Gasteiger partial charge in [0.15, 0.2) is 5.78 Å². The summed E-state index contributed by atoms with van der Waals surface area (Å²) in [4.78, 5) is 36.7. The van der Waals surface area contributed by atoms with Gasteiger partial charge in [0, 0.05) is 22.4 Å². The van der Waals surface area contributed by atoms with Crippen LogP contribution in [-0.4, -0.2) is 23.4 Å². The van der Waals surface area contributed by atoms with E-state index in [1.807, 2.05) is 6.07 Å². The summed E-state index contributed by atoms with van der Waals surface area (Å²) in [6, 6.07) is 8.73. The summed E-state index contributed by atoms with van der Waals surface area (Å²) in [6.45, 7) is 7.02. The summed E-state index contributed by atoms with van der Waals surface area (Å²) in [5.74, 6) is -0.672. The van der Waals surface area contributed by atoms with Gasteiger partial charge in [0.05, 0.1) is 5.56 Å². The third kappa shape index (κ3) is 4.70. The van der Waals surface area contributed by atoms with E-state index in [-0.39, 0.29) is 11.3 Å². The molecule has 0 aliphatic heterocycles. The van der Waals surface area contributed by atoms with Gasteiger partial charge in [-0.2, -0.15) is 0 Å². The van der Waals surface area contributed by atoms with Crippen LogP contribution < -0.4 is 11.1 Å². The first-order valence-electron chi connectivity index (χ1n) is 8.18. The van der Waals surface area contributed by atoms with Crippen molar-refractivity contribution in [2.24, 2.45) is 5.73 Å². The predicted octanol–water partition coefficient (Wildman–Crippen LogP) is 4.45. The molecule has 0 radical (unpaired) electrons. The number of amides is 2. The van der Waals surface area contributed by atoms with E-state index in [9.17, 15) is 14.4 Å². The molecule has 1 heterocycles. The van der Waals surface area contributed by atoms with Crippen molar-refractivity contribution in [1.29, 1.82) is 0 Å². The topological polar surface area (TPSA) is 98.5 Å². The van der Waals surface area contributed by atoms with E-state index in [1.54, 1.807) is 52.0 Å². The Balaban J connectivity index is 2.43. The summed E-state index contributed by atoms with van der Waals surface area (Å²) in [6.07, 6.45) is -0.306. The lowest BCUT2D eigenvalue weighted by Gasteiger charge is -2.19. The Bertz CT molecular complexity index is 849.